The first-order valence-corrected chi connectivity index (χ1v) is 10.4. The van der Waals surface area contributed by atoms with Gasteiger partial charge < -0.3 is 14.3 Å². The first-order chi connectivity index (χ1) is 15.6. The number of aromatic nitrogens is 3. The van der Waals surface area contributed by atoms with E-state index in [0.29, 0.717) is 11.4 Å². The average molecular weight is 419 g/mol. The highest BCUT2D eigenvalue weighted by atomic mass is 16.5. The van der Waals surface area contributed by atoms with Gasteiger partial charge in [-0.1, -0.05) is 48.0 Å². The van der Waals surface area contributed by atoms with Crippen LogP contribution in [-0.4, -0.2) is 21.6 Å². The van der Waals surface area contributed by atoms with Gasteiger partial charge in [0.05, 0.1) is 23.7 Å². The normalized spacial score (nSPS) is 11.7. The zero-order valence-corrected chi connectivity index (χ0v) is 18.0. The van der Waals surface area contributed by atoms with Crippen molar-refractivity contribution in [2.45, 2.75) is 13.5 Å². The Bertz CT molecular complexity index is 1510. The number of nitrogens with one attached hydrogen (secondary N) is 1. The third kappa shape index (κ3) is 3.63. The molecule has 0 aliphatic rings. The van der Waals surface area contributed by atoms with Crippen molar-refractivity contribution in [3.8, 4) is 11.8 Å². The van der Waals surface area contributed by atoms with Crippen molar-refractivity contribution >= 4 is 33.6 Å². The fourth-order valence-electron chi connectivity index (χ4n) is 4.08. The van der Waals surface area contributed by atoms with E-state index in [0.717, 1.165) is 39.8 Å². The Hall–Kier alpha value is -4.30. The maximum Gasteiger partial charge on any atom is 0.149 e. The van der Waals surface area contributed by atoms with Gasteiger partial charge in [-0.3, -0.25) is 0 Å². The van der Waals surface area contributed by atoms with E-state index < -0.39 is 0 Å². The molecule has 2 heterocycles. The molecule has 32 heavy (non-hydrogen) atoms. The van der Waals surface area contributed by atoms with Crippen molar-refractivity contribution in [1.82, 2.24) is 14.5 Å². The van der Waals surface area contributed by atoms with Crippen LogP contribution in [-0.2, 0) is 6.54 Å². The molecule has 5 rings (SSSR count). The summed E-state index contributed by atoms with van der Waals surface area (Å²) in [6, 6.07) is 24.7. The minimum Gasteiger partial charge on any atom is -0.497 e. The van der Waals surface area contributed by atoms with E-state index >= 15 is 0 Å². The summed E-state index contributed by atoms with van der Waals surface area (Å²) in [5.74, 6) is 1.29. The number of allylic oxidation sites excluding steroid dienone is 1. The molecule has 0 saturated heterocycles. The van der Waals surface area contributed by atoms with E-state index in [1.165, 1.54) is 11.1 Å². The maximum atomic E-state index is 9.90. The average Bonchev–Trinajstić information content (AvgIpc) is 3.38. The molecule has 3 aromatic carbocycles. The van der Waals surface area contributed by atoms with Gasteiger partial charge in [0, 0.05) is 35.3 Å². The first kappa shape index (κ1) is 19.7. The van der Waals surface area contributed by atoms with E-state index in [4.69, 9.17) is 4.74 Å². The molecular weight excluding hydrogens is 396 g/mol. The van der Waals surface area contributed by atoms with Crippen molar-refractivity contribution in [1.29, 1.82) is 5.26 Å². The molecule has 0 atom stereocenters. The van der Waals surface area contributed by atoms with Gasteiger partial charge in [0.25, 0.3) is 0 Å². The molecule has 0 unspecified atom stereocenters. The van der Waals surface area contributed by atoms with Gasteiger partial charge in [-0.15, -0.1) is 0 Å². The number of para-hydroxylation sites is 1. The Morgan fingerprint density at radius 3 is 2.81 bits per heavy atom. The Morgan fingerprint density at radius 1 is 1.12 bits per heavy atom. The fraction of sp³-hybridized carbons (Fsp3) is 0.111. The summed E-state index contributed by atoms with van der Waals surface area (Å²) in [5, 5.41) is 11.0. The van der Waals surface area contributed by atoms with Gasteiger partial charge in [-0.05, 0) is 36.8 Å². The number of hydrogen-bond donors (Lipinski definition) is 1. The lowest BCUT2D eigenvalue weighted by Gasteiger charge is -2.06. The van der Waals surface area contributed by atoms with Crippen LogP contribution < -0.4 is 4.74 Å². The fourth-order valence-corrected chi connectivity index (χ4v) is 4.08. The highest BCUT2D eigenvalue weighted by Gasteiger charge is 2.12. The lowest BCUT2D eigenvalue weighted by molar-refractivity contribution is 0.415. The highest BCUT2D eigenvalue weighted by molar-refractivity contribution is 5.98. The zero-order valence-electron chi connectivity index (χ0n) is 18.0. The molecule has 156 valence electrons. The number of nitrogens with zero attached hydrogens (tertiary/aromatic N) is 3. The largest absolute Gasteiger partial charge is 0.497 e. The van der Waals surface area contributed by atoms with E-state index in [-0.39, 0.29) is 0 Å². The topological polar surface area (TPSA) is 66.6 Å². The van der Waals surface area contributed by atoms with E-state index in [9.17, 15) is 5.26 Å². The van der Waals surface area contributed by atoms with Crippen molar-refractivity contribution in [3.05, 3.63) is 95.4 Å². The Labute approximate surface area is 186 Å². The molecule has 0 bridgehead atoms. The summed E-state index contributed by atoms with van der Waals surface area (Å²) >= 11 is 0. The van der Waals surface area contributed by atoms with Crippen LogP contribution >= 0.6 is 0 Å². The number of aryl methyl sites for hydroxylation is 1. The zero-order chi connectivity index (χ0) is 22.1. The van der Waals surface area contributed by atoms with Crippen LogP contribution in [0.4, 0.5) is 0 Å². The SMILES string of the molecule is COc1ccc2nc(/C(C#N)=C\c3cn(Cc4cccc(C)c4)c4ccccc34)[nH]c2c1. The van der Waals surface area contributed by atoms with Gasteiger partial charge >= 0.3 is 0 Å². The molecule has 5 nitrogen and oxygen atoms in total. The molecule has 0 fully saturated rings. The van der Waals surface area contributed by atoms with Crippen LogP contribution in [0.3, 0.4) is 0 Å². The number of hydrogen-bond acceptors (Lipinski definition) is 3. The number of ether oxygens (including phenoxy) is 1. The monoisotopic (exact) mass is 418 g/mol. The minimum atomic E-state index is 0.485. The molecule has 5 heteroatoms. The van der Waals surface area contributed by atoms with Crippen molar-refractivity contribution in [2.75, 3.05) is 7.11 Å². The number of H-pyrrole nitrogens is 1. The second-order valence-corrected chi connectivity index (χ2v) is 7.86. The lowest BCUT2D eigenvalue weighted by Crippen LogP contribution is -1.97. The quantitative estimate of drug-likeness (QED) is 0.359. The molecular formula is C27H22N4O. The number of methoxy groups -OCH3 is 1. The third-order valence-electron chi connectivity index (χ3n) is 5.62. The Kier molecular flexibility index (Phi) is 4.97. The molecule has 1 N–H and O–H groups in total. The van der Waals surface area contributed by atoms with E-state index in [1.807, 2.05) is 36.4 Å². The smallest absolute Gasteiger partial charge is 0.149 e. The second kappa shape index (κ2) is 8.09. The summed E-state index contributed by atoms with van der Waals surface area (Å²) in [7, 11) is 1.63. The Morgan fingerprint density at radius 2 is 2.00 bits per heavy atom. The van der Waals surface area contributed by atoms with E-state index in [1.54, 1.807) is 7.11 Å². The van der Waals surface area contributed by atoms with E-state index in [2.05, 4.69) is 70.1 Å². The van der Waals surface area contributed by atoms with Crippen LogP contribution in [0.25, 0.3) is 33.6 Å². The number of nitriles is 1. The summed E-state index contributed by atoms with van der Waals surface area (Å²) in [5.41, 5.74) is 6.72. The lowest BCUT2D eigenvalue weighted by atomic mass is 10.1. The predicted molar refractivity (Wildman–Crippen MR) is 128 cm³/mol. The maximum absolute atomic E-state index is 9.90. The Balaban J connectivity index is 1.58. The number of imidazole rings is 1. The van der Waals surface area contributed by atoms with Gasteiger partial charge in [0.1, 0.15) is 17.6 Å². The van der Waals surface area contributed by atoms with Gasteiger partial charge in [0.15, 0.2) is 0 Å². The van der Waals surface area contributed by atoms with Crippen LogP contribution in [0.1, 0.15) is 22.5 Å². The standard InChI is InChI=1S/C27H22N4O/c1-18-6-5-7-19(12-18)16-31-17-21(23-8-3-4-9-26(23)31)13-20(15-28)27-29-24-11-10-22(32-2)14-25(24)30-27/h3-14,17H,16H2,1-2H3,(H,29,30)/b20-13-. The summed E-state index contributed by atoms with van der Waals surface area (Å²) in [4.78, 5) is 7.86. The number of fused-ring (bicyclic) bond motifs is 2. The van der Waals surface area contributed by atoms with Crippen LogP contribution in [0, 0.1) is 18.3 Å². The number of aromatic amines is 1. The second-order valence-electron chi connectivity index (χ2n) is 7.86. The molecule has 5 aromatic rings. The van der Waals surface area contributed by atoms with Crippen molar-refractivity contribution in [3.63, 3.8) is 0 Å². The molecule has 0 aliphatic heterocycles. The van der Waals surface area contributed by atoms with Gasteiger partial charge in [0.2, 0.25) is 0 Å². The molecule has 2 aromatic heterocycles. The number of rotatable bonds is 5. The summed E-state index contributed by atoms with van der Waals surface area (Å²) in [6.45, 7) is 2.87. The third-order valence-corrected chi connectivity index (χ3v) is 5.62. The van der Waals surface area contributed by atoms with Crippen LogP contribution in [0.5, 0.6) is 5.75 Å². The van der Waals surface area contributed by atoms with Crippen molar-refractivity contribution < 1.29 is 4.74 Å². The van der Waals surface area contributed by atoms with Crippen molar-refractivity contribution in [2.24, 2.45) is 0 Å². The van der Waals surface area contributed by atoms with Gasteiger partial charge in [-0.25, -0.2) is 4.98 Å². The predicted octanol–water partition coefficient (Wildman–Crippen LogP) is 5.95. The first-order valence-electron chi connectivity index (χ1n) is 10.4. The molecule has 0 aliphatic carbocycles. The highest BCUT2D eigenvalue weighted by Crippen LogP contribution is 2.27. The van der Waals surface area contributed by atoms with Crippen LogP contribution in [0.15, 0.2) is 72.9 Å². The van der Waals surface area contributed by atoms with Crippen LogP contribution in [0.2, 0.25) is 0 Å². The molecule has 0 amide bonds. The van der Waals surface area contributed by atoms with Gasteiger partial charge in [-0.2, -0.15) is 5.26 Å². The molecule has 0 radical (unpaired) electrons. The minimum absolute atomic E-state index is 0.485. The number of benzene rings is 3. The molecule has 0 saturated carbocycles. The summed E-state index contributed by atoms with van der Waals surface area (Å²) < 4.78 is 7.52. The molecule has 0 spiro atoms. The summed E-state index contributed by atoms with van der Waals surface area (Å²) in [6.07, 6.45) is 4.01.